The summed E-state index contributed by atoms with van der Waals surface area (Å²) < 4.78 is 31.8. The van der Waals surface area contributed by atoms with E-state index < -0.39 is 16.0 Å². The van der Waals surface area contributed by atoms with Crippen molar-refractivity contribution in [1.82, 2.24) is 20.4 Å². The number of aryl methyl sites for hydroxylation is 1. The van der Waals surface area contributed by atoms with Crippen molar-refractivity contribution in [3.05, 3.63) is 23.5 Å². The van der Waals surface area contributed by atoms with Gasteiger partial charge in [0, 0.05) is 5.56 Å². The Hall–Kier alpha value is -2.36. The summed E-state index contributed by atoms with van der Waals surface area (Å²) in [6.45, 7) is 3.63. The van der Waals surface area contributed by atoms with Gasteiger partial charge in [-0.15, -0.1) is 0 Å². The van der Waals surface area contributed by atoms with Gasteiger partial charge in [0.2, 0.25) is 0 Å². The quantitative estimate of drug-likeness (QED) is 0.672. The Bertz CT molecular complexity index is 733. The molecule has 114 valence electrons. The van der Waals surface area contributed by atoms with Gasteiger partial charge in [-0.1, -0.05) is 6.92 Å². The molecule has 0 saturated carbocycles. The summed E-state index contributed by atoms with van der Waals surface area (Å²) in [5.74, 6) is -0.506. The SMILES string of the molecule is CCOC(=O)c1cn[nH]c1S(=O)(=O)Nc1[nH]ncc1CC. The molecule has 0 fully saturated rings. The monoisotopic (exact) mass is 313 g/mol. The first-order valence-electron chi connectivity index (χ1n) is 6.25. The zero-order chi connectivity index (χ0) is 15.5. The highest BCUT2D eigenvalue weighted by Gasteiger charge is 2.27. The van der Waals surface area contributed by atoms with Crippen LogP contribution < -0.4 is 4.72 Å². The van der Waals surface area contributed by atoms with Crippen molar-refractivity contribution in [2.45, 2.75) is 25.3 Å². The number of anilines is 1. The van der Waals surface area contributed by atoms with E-state index in [-0.39, 0.29) is 23.0 Å². The zero-order valence-corrected chi connectivity index (χ0v) is 12.3. The molecule has 21 heavy (non-hydrogen) atoms. The van der Waals surface area contributed by atoms with E-state index in [0.29, 0.717) is 12.0 Å². The minimum atomic E-state index is -4.01. The molecule has 0 spiro atoms. The molecule has 2 heterocycles. The third-order valence-corrected chi connectivity index (χ3v) is 4.03. The molecule has 0 saturated heterocycles. The third kappa shape index (κ3) is 3.05. The smallest absolute Gasteiger partial charge is 0.342 e. The molecule has 0 aliphatic carbocycles. The van der Waals surface area contributed by atoms with Gasteiger partial charge in [-0.25, -0.2) is 4.79 Å². The molecule has 0 aliphatic rings. The zero-order valence-electron chi connectivity index (χ0n) is 11.5. The Balaban J connectivity index is 2.33. The molecule has 0 atom stereocenters. The van der Waals surface area contributed by atoms with Gasteiger partial charge in [0.15, 0.2) is 5.03 Å². The average Bonchev–Trinajstić information content (AvgIpc) is 3.06. The van der Waals surface area contributed by atoms with Crippen molar-refractivity contribution >= 4 is 21.8 Å². The van der Waals surface area contributed by atoms with Gasteiger partial charge in [0.1, 0.15) is 11.4 Å². The van der Waals surface area contributed by atoms with Crippen LogP contribution in [0.4, 0.5) is 5.82 Å². The van der Waals surface area contributed by atoms with Crippen LogP contribution in [0.2, 0.25) is 0 Å². The second-order valence-corrected chi connectivity index (χ2v) is 5.68. The average molecular weight is 313 g/mol. The standard InChI is InChI=1S/C11H15N5O4S/c1-3-7-5-12-14-9(7)16-21(18,19)10-8(6-13-15-10)11(17)20-4-2/h5-6H,3-4H2,1-2H3,(H,13,15)(H2,12,14,16). The number of aromatic amines is 2. The summed E-state index contributed by atoms with van der Waals surface area (Å²) in [6, 6.07) is 0. The van der Waals surface area contributed by atoms with Crippen LogP contribution >= 0.6 is 0 Å². The highest BCUT2D eigenvalue weighted by atomic mass is 32.2. The number of sulfonamides is 1. The van der Waals surface area contributed by atoms with Gasteiger partial charge in [-0.3, -0.25) is 14.9 Å². The molecule has 0 amide bonds. The van der Waals surface area contributed by atoms with Gasteiger partial charge in [-0.2, -0.15) is 18.6 Å². The third-order valence-electron chi connectivity index (χ3n) is 2.70. The van der Waals surface area contributed by atoms with Crippen LogP contribution in [-0.4, -0.2) is 41.4 Å². The van der Waals surface area contributed by atoms with Gasteiger partial charge in [-0.05, 0) is 13.3 Å². The molecule has 0 radical (unpaired) electrons. The largest absolute Gasteiger partial charge is 0.462 e. The number of hydrogen-bond acceptors (Lipinski definition) is 6. The molecule has 0 aliphatic heterocycles. The van der Waals surface area contributed by atoms with E-state index in [4.69, 9.17) is 4.74 Å². The van der Waals surface area contributed by atoms with Crippen LogP contribution in [0.15, 0.2) is 17.4 Å². The number of carbonyl (C=O) groups excluding carboxylic acids is 1. The maximum Gasteiger partial charge on any atom is 0.342 e. The Kier molecular flexibility index (Phi) is 4.26. The van der Waals surface area contributed by atoms with E-state index in [1.165, 1.54) is 6.20 Å². The number of nitrogens with zero attached hydrogens (tertiary/aromatic N) is 2. The van der Waals surface area contributed by atoms with Crippen LogP contribution in [0.3, 0.4) is 0 Å². The summed E-state index contributed by atoms with van der Waals surface area (Å²) >= 11 is 0. The lowest BCUT2D eigenvalue weighted by Crippen LogP contribution is -2.18. The van der Waals surface area contributed by atoms with E-state index in [1.807, 2.05) is 6.92 Å². The lowest BCUT2D eigenvalue weighted by atomic mass is 10.3. The normalized spacial score (nSPS) is 11.3. The topological polar surface area (TPSA) is 130 Å². The molecular weight excluding hydrogens is 298 g/mol. The lowest BCUT2D eigenvalue weighted by Gasteiger charge is -2.07. The maximum atomic E-state index is 12.3. The van der Waals surface area contributed by atoms with Crippen LogP contribution in [0.1, 0.15) is 29.8 Å². The molecule has 0 unspecified atom stereocenters. The number of H-pyrrole nitrogens is 2. The first-order chi connectivity index (χ1) is 9.99. The number of ether oxygens (including phenoxy) is 1. The van der Waals surface area contributed by atoms with Crippen molar-refractivity contribution in [2.75, 3.05) is 11.3 Å². The highest BCUT2D eigenvalue weighted by Crippen LogP contribution is 2.19. The first kappa shape index (κ1) is 15.0. The summed E-state index contributed by atoms with van der Waals surface area (Å²) in [7, 11) is -4.01. The molecule has 0 bridgehead atoms. The highest BCUT2D eigenvalue weighted by molar-refractivity contribution is 7.92. The maximum absolute atomic E-state index is 12.3. The fourth-order valence-corrected chi connectivity index (χ4v) is 2.83. The van der Waals surface area contributed by atoms with Gasteiger partial charge in [0.25, 0.3) is 10.0 Å². The van der Waals surface area contributed by atoms with E-state index in [1.54, 1.807) is 6.92 Å². The molecule has 10 heteroatoms. The number of esters is 1. The fraction of sp³-hybridized carbons (Fsp3) is 0.364. The van der Waals surface area contributed by atoms with Crippen molar-refractivity contribution in [3.8, 4) is 0 Å². The summed E-state index contributed by atoms with van der Waals surface area (Å²) in [4.78, 5) is 11.7. The number of aromatic nitrogens is 4. The molecule has 2 aromatic heterocycles. The Morgan fingerprint density at radius 2 is 2.00 bits per heavy atom. The predicted octanol–water partition coefficient (Wildman–Crippen LogP) is 0.673. The molecule has 9 nitrogen and oxygen atoms in total. The van der Waals surface area contributed by atoms with Crippen molar-refractivity contribution in [2.24, 2.45) is 0 Å². The minimum Gasteiger partial charge on any atom is -0.462 e. The van der Waals surface area contributed by atoms with E-state index in [0.717, 1.165) is 6.20 Å². The summed E-state index contributed by atoms with van der Waals surface area (Å²) in [5, 5.41) is 11.9. The number of carbonyl (C=O) groups is 1. The van der Waals surface area contributed by atoms with Crippen LogP contribution in [0, 0.1) is 0 Å². The molecule has 0 aromatic carbocycles. The number of rotatable bonds is 6. The van der Waals surface area contributed by atoms with Crippen molar-refractivity contribution in [1.29, 1.82) is 0 Å². The Morgan fingerprint density at radius 3 is 2.67 bits per heavy atom. The number of nitrogens with one attached hydrogen (secondary N) is 3. The van der Waals surface area contributed by atoms with E-state index in [2.05, 4.69) is 25.1 Å². The Morgan fingerprint density at radius 1 is 1.29 bits per heavy atom. The molecule has 2 rings (SSSR count). The summed E-state index contributed by atoms with van der Waals surface area (Å²) in [5.41, 5.74) is 0.553. The van der Waals surface area contributed by atoms with Crippen molar-refractivity contribution < 1.29 is 17.9 Å². The summed E-state index contributed by atoms with van der Waals surface area (Å²) in [6.07, 6.45) is 3.24. The fourth-order valence-electron chi connectivity index (χ4n) is 1.69. The van der Waals surface area contributed by atoms with Gasteiger partial charge in [0.05, 0.1) is 19.0 Å². The minimum absolute atomic E-state index is 0.136. The predicted molar refractivity (Wildman–Crippen MR) is 73.3 cm³/mol. The van der Waals surface area contributed by atoms with E-state index in [9.17, 15) is 13.2 Å². The first-order valence-corrected chi connectivity index (χ1v) is 7.73. The second-order valence-electron chi connectivity index (χ2n) is 4.06. The Labute approximate surface area is 121 Å². The number of hydrogen-bond donors (Lipinski definition) is 3. The van der Waals surface area contributed by atoms with Crippen LogP contribution in [0.25, 0.3) is 0 Å². The van der Waals surface area contributed by atoms with Crippen LogP contribution in [-0.2, 0) is 21.2 Å². The molecule has 3 N–H and O–H groups in total. The molecular formula is C11H15N5O4S. The van der Waals surface area contributed by atoms with Gasteiger partial charge < -0.3 is 4.74 Å². The lowest BCUT2D eigenvalue weighted by molar-refractivity contribution is 0.0522. The van der Waals surface area contributed by atoms with Gasteiger partial charge >= 0.3 is 5.97 Å². The second kappa shape index (κ2) is 5.95. The van der Waals surface area contributed by atoms with Crippen molar-refractivity contribution in [3.63, 3.8) is 0 Å². The molecule has 2 aromatic rings. The van der Waals surface area contributed by atoms with Crippen LogP contribution in [0.5, 0.6) is 0 Å². The van der Waals surface area contributed by atoms with E-state index >= 15 is 0 Å².